The monoisotopic (exact) mass is 170 g/mol. The van der Waals surface area contributed by atoms with Crippen LogP contribution >= 0.6 is 28.3 Å². The molecule has 0 heterocycles. The van der Waals surface area contributed by atoms with E-state index in [9.17, 15) is 4.57 Å². The second-order valence-corrected chi connectivity index (χ2v) is 6.20. The smallest absolute Gasteiger partial charge is 0.284 e. The summed E-state index contributed by atoms with van der Waals surface area (Å²) in [7, 11) is 0. The molecule has 0 radical (unpaired) electrons. The van der Waals surface area contributed by atoms with Crippen molar-refractivity contribution < 1.29 is 4.57 Å². The summed E-state index contributed by atoms with van der Waals surface area (Å²) in [6.45, 7) is 4.75. The molecule has 0 amide bonds. The van der Waals surface area contributed by atoms with E-state index in [0.29, 0.717) is 5.31 Å². The van der Waals surface area contributed by atoms with Crippen LogP contribution in [0.1, 0.15) is 6.92 Å². The van der Waals surface area contributed by atoms with Crippen molar-refractivity contribution in [3.8, 4) is 0 Å². The minimum atomic E-state index is -3.07. The van der Waals surface area contributed by atoms with Gasteiger partial charge in [-0.3, -0.25) is 4.57 Å². The lowest BCUT2D eigenvalue weighted by Crippen LogP contribution is -1.58. The number of halogens is 2. The van der Waals surface area contributed by atoms with Gasteiger partial charge < -0.3 is 0 Å². The fourth-order valence-corrected chi connectivity index (χ4v) is 0.635. The molecule has 0 rings (SSSR count). The summed E-state index contributed by atoms with van der Waals surface area (Å²) < 4.78 is 10.5. The number of allylic oxidation sites excluding steroid dienone is 1. The zero-order valence-corrected chi connectivity index (χ0v) is 6.72. The van der Waals surface area contributed by atoms with Gasteiger partial charge in [0, 0.05) is 0 Å². The van der Waals surface area contributed by atoms with Crippen LogP contribution in [0.25, 0.3) is 0 Å². The molecule has 4 heteroatoms. The molecule has 0 spiro atoms. The summed E-state index contributed by atoms with van der Waals surface area (Å²) in [4.78, 5) is 0. The van der Waals surface area contributed by atoms with Gasteiger partial charge in [-0.05, 0) is 29.4 Å². The average molecular weight is 171 g/mol. The van der Waals surface area contributed by atoms with Gasteiger partial charge in [0.05, 0.1) is 5.31 Å². The van der Waals surface area contributed by atoms with Gasteiger partial charge in [-0.1, -0.05) is 6.58 Å². The van der Waals surface area contributed by atoms with E-state index < -0.39 is 5.85 Å². The highest BCUT2D eigenvalue weighted by Crippen LogP contribution is 2.62. The molecule has 8 heavy (non-hydrogen) atoms. The maximum atomic E-state index is 10.5. The topological polar surface area (TPSA) is 17.1 Å². The van der Waals surface area contributed by atoms with E-state index in [4.69, 9.17) is 22.5 Å². The molecule has 0 saturated carbocycles. The van der Waals surface area contributed by atoms with Crippen molar-refractivity contribution in [2.45, 2.75) is 6.92 Å². The molecule has 0 aromatic carbocycles. The third-order valence-corrected chi connectivity index (χ3v) is 3.11. The zero-order valence-electron chi connectivity index (χ0n) is 4.32. The molecule has 0 unspecified atom stereocenters. The van der Waals surface area contributed by atoms with Gasteiger partial charge in [0.15, 0.2) is 0 Å². The Hall–Kier alpha value is 0.330. The van der Waals surface area contributed by atoms with Gasteiger partial charge in [-0.15, -0.1) is 5.73 Å². The largest absolute Gasteiger partial charge is 0.285 e. The van der Waals surface area contributed by atoms with Crippen LogP contribution in [0.2, 0.25) is 0 Å². The lowest BCUT2D eigenvalue weighted by Gasteiger charge is -1.94. The average Bonchev–Trinajstić information content (AvgIpc) is 1.62. The van der Waals surface area contributed by atoms with Gasteiger partial charge in [0.25, 0.3) is 5.85 Å². The molecule has 0 saturated heterocycles. The summed E-state index contributed by atoms with van der Waals surface area (Å²) in [5, 5.41) is 0.306. The van der Waals surface area contributed by atoms with E-state index in [-0.39, 0.29) is 0 Å². The van der Waals surface area contributed by atoms with E-state index in [2.05, 4.69) is 12.3 Å². The van der Waals surface area contributed by atoms with Crippen molar-refractivity contribution in [2.24, 2.45) is 0 Å². The molecule has 0 aromatic rings. The molecule has 0 atom stereocenters. The van der Waals surface area contributed by atoms with Crippen LogP contribution in [0.3, 0.4) is 0 Å². The predicted molar refractivity (Wildman–Crippen MR) is 37.6 cm³/mol. The SMILES string of the molecule is C=C=C(C)P(=O)(Cl)Cl. The molecule has 0 fully saturated rings. The Morgan fingerprint density at radius 2 is 2.12 bits per heavy atom. The molecule has 0 aromatic heterocycles. The first-order chi connectivity index (χ1) is 3.48. The van der Waals surface area contributed by atoms with Crippen LogP contribution in [-0.2, 0) is 4.57 Å². The summed E-state index contributed by atoms with van der Waals surface area (Å²) in [5.74, 6) is -3.07. The van der Waals surface area contributed by atoms with Crippen LogP contribution in [0.4, 0.5) is 0 Å². The van der Waals surface area contributed by atoms with Crippen molar-refractivity contribution in [3.63, 3.8) is 0 Å². The molecule has 0 aliphatic rings. The first kappa shape index (κ1) is 8.33. The predicted octanol–water partition coefficient (Wildman–Crippen LogP) is 3.35. The Labute approximate surface area is 57.9 Å². The van der Waals surface area contributed by atoms with E-state index in [1.54, 1.807) is 0 Å². The van der Waals surface area contributed by atoms with Crippen LogP contribution in [0, 0.1) is 0 Å². The first-order valence-corrected chi connectivity index (χ1v) is 5.36. The Morgan fingerprint density at radius 1 is 1.75 bits per heavy atom. The minimum absolute atomic E-state index is 0.306. The van der Waals surface area contributed by atoms with Crippen molar-refractivity contribution >= 4 is 28.3 Å². The standard InChI is InChI=1S/C4H5Cl2OP/c1-3-4(2)8(5,6)7/h1H2,2H3. The number of hydrogen-bond acceptors (Lipinski definition) is 1. The highest BCUT2D eigenvalue weighted by molar-refractivity contribution is 8.11. The summed E-state index contributed by atoms with van der Waals surface area (Å²) in [6.07, 6.45) is 0. The van der Waals surface area contributed by atoms with Gasteiger partial charge in [0.1, 0.15) is 0 Å². The molecule has 0 aliphatic heterocycles. The van der Waals surface area contributed by atoms with Crippen molar-refractivity contribution in [3.05, 3.63) is 17.6 Å². The van der Waals surface area contributed by atoms with Gasteiger partial charge in [-0.2, -0.15) is 0 Å². The quantitative estimate of drug-likeness (QED) is 0.436. The third-order valence-electron chi connectivity index (χ3n) is 0.646. The summed E-state index contributed by atoms with van der Waals surface area (Å²) in [5.41, 5.74) is 2.34. The van der Waals surface area contributed by atoms with Crippen molar-refractivity contribution in [1.29, 1.82) is 0 Å². The Bertz CT molecular complexity index is 172. The lowest BCUT2D eigenvalue weighted by molar-refractivity contribution is 0.596. The zero-order chi connectivity index (χ0) is 6.78. The second-order valence-electron chi connectivity index (χ2n) is 1.22. The Kier molecular flexibility index (Phi) is 2.87. The fraction of sp³-hybridized carbons (Fsp3) is 0.250. The first-order valence-electron chi connectivity index (χ1n) is 1.85. The van der Waals surface area contributed by atoms with Crippen molar-refractivity contribution in [1.82, 2.24) is 0 Å². The van der Waals surface area contributed by atoms with E-state index in [1.807, 2.05) is 0 Å². The normalized spacial score (nSPS) is 10.4. The fourth-order valence-electron chi connectivity index (χ4n) is 0.0920. The van der Waals surface area contributed by atoms with E-state index >= 15 is 0 Å². The third kappa shape index (κ3) is 2.59. The minimum Gasteiger partial charge on any atom is -0.284 e. The second kappa shape index (κ2) is 2.75. The summed E-state index contributed by atoms with van der Waals surface area (Å²) in [6, 6.07) is 0. The van der Waals surface area contributed by atoms with Crippen LogP contribution in [-0.4, -0.2) is 0 Å². The molecule has 0 bridgehead atoms. The Morgan fingerprint density at radius 3 is 2.12 bits per heavy atom. The maximum Gasteiger partial charge on any atom is 0.285 e. The highest BCUT2D eigenvalue weighted by atomic mass is 35.9. The summed E-state index contributed by atoms with van der Waals surface area (Å²) >= 11 is 10.3. The van der Waals surface area contributed by atoms with Crippen molar-refractivity contribution in [2.75, 3.05) is 0 Å². The van der Waals surface area contributed by atoms with Crippen LogP contribution in [0.5, 0.6) is 0 Å². The molecule has 46 valence electrons. The number of rotatable bonds is 1. The molecular formula is C4H5Cl2OP. The molecule has 1 nitrogen and oxygen atoms in total. The van der Waals surface area contributed by atoms with Gasteiger partial charge >= 0.3 is 0 Å². The lowest BCUT2D eigenvalue weighted by atomic mass is 10.7. The highest BCUT2D eigenvalue weighted by Gasteiger charge is 2.14. The van der Waals surface area contributed by atoms with Crippen LogP contribution < -0.4 is 0 Å². The Balaban J connectivity index is 4.53. The van der Waals surface area contributed by atoms with Crippen LogP contribution in [0.15, 0.2) is 17.6 Å². The van der Waals surface area contributed by atoms with Gasteiger partial charge in [-0.25, -0.2) is 0 Å². The molecule has 0 aliphatic carbocycles. The number of hydrogen-bond donors (Lipinski definition) is 0. The maximum absolute atomic E-state index is 10.5. The van der Waals surface area contributed by atoms with E-state index in [1.165, 1.54) is 6.92 Å². The van der Waals surface area contributed by atoms with E-state index in [0.717, 1.165) is 0 Å². The van der Waals surface area contributed by atoms with Gasteiger partial charge in [0.2, 0.25) is 0 Å². The molecule has 0 N–H and O–H groups in total. The molecular weight excluding hydrogens is 166 g/mol.